The van der Waals surface area contributed by atoms with Gasteiger partial charge in [0.05, 0.1) is 12.1 Å². The number of aliphatic hydroxyl groups excluding tert-OH is 1. The molecule has 202 valence electrons. The van der Waals surface area contributed by atoms with Crippen molar-refractivity contribution in [2.75, 3.05) is 18.4 Å². The van der Waals surface area contributed by atoms with E-state index >= 15 is 0 Å². The molecular formula is C30H35F2N3O3. The summed E-state index contributed by atoms with van der Waals surface area (Å²) >= 11 is 0. The van der Waals surface area contributed by atoms with Crippen LogP contribution < -0.4 is 20.7 Å². The predicted octanol–water partition coefficient (Wildman–Crippen LogP) is 4.99. The molecule has 3 aromatic rings. The van der Waals surface area contributed by atoms with Crippen LogP contribution in [0.5, 0.6) is 5.75 Å². The van der Waals surface area contributed by atoms with Gasteiger partial charge in [-0.1, -0.05) is 18.2 Å². The van der Waals surface area contributed by atoms with Crippen LogP contribution in [0.25, 0.3) is 0 Å². The van der Waals surface area contributed by atoms with E-state index in [0.717, 1.165) is 36.0 Å². The van der Waals surface area contributed by atoms with Crippen molar-refractivity contribution < 1.29 is 23.4 Å². The molecule has 3 aromatic carbocycles. The largest absolute Gasteiger partial charge is 0.488 e. The van der Waals surface area contributed by atoms with Crippen LogP contribution in [0, 0.1) is 11.6 Å². The van der Waals surface area contributed by atoms with Crippen LogP contribution in [0.4, 0.5) is 14.5 Å². The number of anilines is 1. The molecule has 0 spiro atoms. The van der Waals surface area contributed by atoms with E-state index in [0.29, 0.717) is 11.1 Å². The summed E-state index contributed by atoms with van der Waals surface area (Å²) in [4.78, 5) is 12.9. The number of nitrogens with one attached hydrogen (secondary N) is 3. The smallest absolute Gasteiger partial charge is 0.251 e. The standard InChI is InChI=1S/C30H35F2N3O3/c1-30(2,3)38-23-9-10-25-24(17-23)26(11-12-33-25)34-18-28(36)27(15-19-13-21(31)16-22(32)14-19)35-29(37)20-7-5-4-6-8-20/h4-10,13-14,16-17,26-28,33-34,36H,11-12,15,18H2,1-3H3,(H,35,37)/t26-,27-,28+/m0/s1. The Labute approximate surface area is 222 Å². The summed E-state index contributed by atoms with van der Waals surface area (Å²) < 4.78 is 33.7. The van der Waals surface area contributed by atoms with Crippen molar-refractivity contribution in [3.05, 3.63) is 95.1 Å². The van der Waals surface area contributed by atoms with E-state index in [-0.39, 0.29) is 30.5 Å². The Balaban J connectivity index is 1.50. The van der Waals surface area contributed by atoms with E-state index < -0.39 is 23.8 Å². The van der Waals surface area contributed by atoms with E-state index in [1.165, 1.54) is 12.1 Å². The number of carbonyl (C=O) groups excluding carboxylic acids is 1. The van der Waals surface area contributed by atoms with Crippen LogP contribution in [0.15, 0.2) is 66.7 Å². The Morgan fingerprint density at radius 1 is 1.08 bits per heavy atom. The van der Waals surface area contributed by atoms with Gasteiger partial charge < -0.3 is 25.8 Å². The molecule has 0 aliphatic carbocycles. The molecule has 1 aliphatic rings. The van der Waals surface area contributed by atoms with Crippen molar-refractivity contribution in [3.8, 4) is 5.75 Å². The molecule has 1 aliphatic heterocycles. The average molecular weight is 524 g/mol. The first kappa shape index (κ1) is 27.5. The fraction of sp³-hybridized carbons (Fsp3) is 0.367. The zero-order chi connectivity index (χ0) is 27.3. The third-order valence-corrected chi connectivity index (χ3v) is 6.34. The molecule has 0 saturated carbocycles. The highest BCUT2D eigenvalue weighted by molar-refractivity contribution is 5.94. The van der Waals surface area contributed by atoms with Crippen LogP contribution in [0.2, 0.25) is 0 Å². The maximum atomic E-state index is 13.9. The van der Waals surface area contributed by atoms with Crippen LogP contribution in [-0.2, 0) is 6.42 Å². The molecule has 1 amide bonds. The number of halogens is 2. The van der Waals surface area contributed by atoms with Crippen molar-refractivity contribution in [2.24, 2.45) is 0 Å². The minimum absolute atomic E-state index is 0.0542. The highest BCUT2D eigenvalue weighted by Gasteiger charge is 2.26. The molecule has 6 nitrogen and oxygen atoms in total. The maximum Gasteiger partial charge on any atom is 0.251 e. The zero-order valence-corrected chi connectivity index (χ0v) is 21.9. The number of fused-ring (bicyclic) bond motifs is 1. The average Bonchev–Trinajstić information content (AvgIpc) is 2.85. The van der Waals surface area contributed by atoms with Crippen molar-refractivity contribution in [3.63, 3.8) is 0 Å². The fourth-order valence-electron chi connectivity index (χ4n) is 4.64. The Kier molecular flexibility index (Phi) is 8.64. The van der Waals surface area contributed by atoms with E-state index in [1.54, 1.807) is 30.3 Å². The first-order valence-corrected chi connectivity index (χ1v) is 12.9. The summed E-state index contributed by atoms with van der Waals surface area (Å²) in [6.45, 7) is 6.89. The van der Waals surface area contributed by atoms with Gasteiger partial charge in [0.25, 0.3) is 5.91 Å². The third kappa shape index (κ3) is 7.52. The molecule has 0 unspecified atom stereocenters. The number of rotatable bonds is 9. The van der Waals surface area contributed by atoms with E-state index in [4.69, 9.17) is 4.74 Å². The number of aliphatic hydroxyl groups is 1. The van der Waals surface area contributed by atoms with Gasteiger partial charge in [-0.3, -0.25) is 4.79 Å². The van der Waals surface area contributed by atoms with Gasteiger partial charge in [0.2, 0.25) is 0 Å². The second-order valence-electron chi connectivity index (χ2n) is 10.6. The van der Waals surface area contributed by atoms with Gasteiger partial charge in [0, 0.05) is 36.4 Å². The molecule has 0 bridgehead atoms. The highest BCUT2D eigenvalue weighted by atomic mass is 19.1. The highest BCUT2D eigenvalue weighted by Crippen LogP contribution is 2.34. The lowest BCUT2D eigenvalue weighted by Crippen LogP contribution is -2.49. The van der Waals surface area contributed by atoms with Crippen LogP contribution in [0.3, 0.4) is 0 Å². The lowest BCUT2D eigenvalue weighted by Gasteiger charge is -2.31. The Morgan fingerprint density at radius 2 is 1.79 bits per heavy atom. The lowest BCUT2D eigenvalue weighted by atomic mass is 9.96. The van der Waals surface area contributed by atoms with Gasteiger partial charge in [-0.25, -0.2) is 8.78 Å². The second-order valence-corrected chi connectivity index (χ2v) is 10.6. The molecule has 38 heavy (non-hydrogen) atoms. The number of carbonyl (C=O) groups is 1. The molecule has 0 fully saturated rings. The van der Waals surface area contributed by atoms with Crippen LogP contribution >= 0.6 is 0 Å². The molecule has 0 radical (unpaired) electrons. The SMILES string of the molecule is CC(C)(C)Oc1ccc2c(c1)[C@@H](NC[C@@H](O)[C@H](Cc1cc(F)cc(F)c1)NC(=O)c1ccccc1)CCN2. The fourth-order valence-corrected chi connectivity index (χ4v) is 4.64. The van der Waals surface area contributed by atoms with E-state index in [2.05, 4.69) is 16.0 Å². The van der Waals surface area contributed by atoms with Crippen molar-refractivity contribution >= 4 is 11.6 Å². The minimum Gasteiger partial charge on any atom is -0.488 e. The van der Waals surface area contributed by atoms with Gasteiger partial charge >= 0.3 is 0 Å². The van der Waals surface area contributed by atoms with Gasteiger partial charge in [0.15, 0.2) is 0 Å². The number of hydrogen-bond acceptors (Lipinski definition) is 5. The molecule has 1 heterocycles. The second kappa shape index (κ2) is 11.9. The van der Waals surface area contributed by atoms with Crippen molar-refractivity contribution in [1.82, 2.24) is 10.6 Å². The first-order chi connectivity index (χ1) is 18.1. The molecule has 8 heteroatoms. The Hall–Kier alpha value is -3.49. The van der Waals surface area contributed by atoms with Crippen LogP contribution in [0.1, 0.15) is 54.7 Å². The summed E-state index contributed by atoms with van der Waals surface area (Å²) in [5.74, 6) is -1.03. The van der Waals surface area contributed by atoms with E-state index in [1.807, 2.05) is 39.0 Å². The number of ether oxygens (including phenoxy) is 1. The molecule has 4 N–H and O–H groups in total. The van der Waals surface area contributed by atoms with Gasteiger partial charge in [-0.2, -0.15) is 0 Å². The van der Waals surface area contributed by atoms with Crippen molar-refractivity contribution in [2.45, 2.75) is 57.4 Å². The van der Waals surface area contributed by atoms with Gasteiger partial charge in [-0.15, -0.1) is 0 Å². The molecule has 3 atom stereocenters. The minimum atomic E-state index is -1.03. The zero-order valence-electron chi connectivity index (χ0n) is 21.9. The maximum absolute atomic E-state index is 13.9. The summed E-state index contributed by atoms with van der Waals surface area (Å²) in [7, 11) is 0. The topological polar surface area (TPSA) is 82.6 Å². The van der Waals surface area contributed by atoms with Crippen LogP contribution in [-0.4, -0.2) is 41.9 Å². The summed E-state index contributed by atoms with van der Waals surface area (Å²) in [5.41, 5.74) is 2.46. The van der Waals surface area contributed by atoms with E-state index in [9.17, 15) is 18.7 Å². The number of benzene rings is 3. The summed E-state index contributed by atoms with van der Waals surface area (Å²) in [5, 5.41) is 20.9. The Morgan fingerprint density at radius 3 is 2.47 bits per heavy atom. The summed E-state index contributed by atoms with van der Waals surface area (Å²) in [6.07, 6.45) is -0.182. The monoisotopic (exact) mass is 523 g/mol. The van der Waals surface area contributed by atoms with Crippen molar-refractivity contribution in [1.29, 1.82) is 0 Å². The number of amides is 1. The molecular weight excluding hydrogens is 488 g/mol. The first-order valence-electron chi connectivity index (χ1n) is 12.9. The summed E-state index contributed by atoms with van der Waals surface area (Å²) in [6, 6.07) is 16.9. The molecule has 0 saturated heterocycles. The molecule has 0 aromatic heterocycles. The Bertz CT molecular complexity index is 1230. The van der Waals surface area contributed by atoms with Gasteiger partial charge in [0.1, 0.15) is 23.0 Å². The predicted molar refractivity (Wildman–Crippen MR) is 144 cm³/mol. The normalized spacial score (nSPS) is 16.6. The van der Waals surface area contributed by atoms with Gasteiger partial charge in [-0.05, 0) is 87.2 Å². The lowest BCUT2D eigenvalue weighted by molar-refractivity contribution is 0.0823. The quantitative estimate of drug-likeness (QED) is 0.318. The third-order valence-electron chi connectivity index (χ3n) is 6.34. The number of hydrogen-bond donors (Lipinski definition) is 4. The molecule has 4 rings (SSSR count).